The molecule has 2 heterocycles. The fraction of sp³-hybridized carbons (Fsp3) is 0.333. The average Bonchev–Trinajstić information content (AvgIpc) is 2.79. The molecule has 2 aliphatic heterocycles. The number of rotatable bonds is 4. The van der Waals surface area contributed by atoms with Crippen molar-refractivity contribution in [3.8, 4) is 0 Å². The van der Waals surface area contributed by atoms with Gasteiger partial charge in [0.1, 0.15) is 6.29 Å². The molecule has 4 nitrogen and oxygen atoms in total. The van der Waals surface area contributed by atoms with Gasteiger partial charge < -0.3 is 9.80 Å². The Hall–Kier alpha value is -2.88. The minimum atomic E-state index is 0.122. The van der Waals surface area contributed by atoms with Crippen LogP contribution in [0, 0.1) is 5.92 Å². The van der Waals surface area contributed by atoms with Crippen molar-refractivity contribution < 1.29 is 9.59 Å². The predicted molar refractivity (Wildman–Crippen MR) is 112 cm³/mol. The van der Waals surface area contributed by atoms with E-state index in [1.807, 2.05) is 35.2 Å². The van der Waals surface area contributed by atoms with Gasteiger partial charge in [-0.3, -0.25) is 9.59 Å². The van der Waals surface area contributed by atoms with Crippen LogP contribution in [0.1, 0.15) is 35.2 Å². The molecule has 144 valence electrons. The lowest BCUT2D eigenvalue weighted by molar-refractivity contribution is -0.135. The van der Waals surface area contributed by atoms with Gasteiger partial charge in [0, 0.05) is 43.3 Å². The van der Waals surface area contributed by atoms with Crippen LogP contribution in [0.2, 0.25) is 0 Å². The first-order valence-corrected chi connectivity index (χ1v) is 10.1. The van der Waals surface area contributed by atoms with Crippen molar-refractivity contribution in [3.63, 3.8) is 0 Å². The van der Waals surface area contributed by atoms with Gasteiger partial charge in [-0.15, -0.1) is 0 Å². The molecule has 0 bridgehead atoms. The summed E-state index contributed by atoms with van der Waals surface area (Å²) in [5.41, 5.74) is 4.44. The minimum absolute atomic E-state index is 0.122. The molecule has 0 saturated carbocycles. The summed E-state index contributed by atoms with van der Waals surface area (Å²) < 4.78 is 0. The molecule has 0 unspecified atom stereocenters. The summed E-state index contributed by atoms with van der Waals surface area (Å²) in [4.78, 5) is 28.1. The van der Waals surface area contributed by atoms with Crippen molar-refractivity contribution in [1.82, 2.24) is 4.90 Å². The third kappa shape index (κ3) is 4.01. The summed E-state index contributed by atoms with van der Waals surface area (Å²) in [5.74, 6) is 0.427. The lowest BCUT2D eigenvalue weighted by atomic mass is 9.93. The summed E-state index contributed by atoms with van der Waals surface area (Å²) >= 11 is 0. The van der Waals surface area contributed by atoms with Crippen molar-refractivity contribution >= 4 is 23.5 Å². The number of carbonyl (C=O) groups excluding carboxylic acids is 2. The van der Waals surface area contributed by atoms with E-state index in [1.54, 1.807) is 0 Å². The maximum atomic E-state index is 13.0. The number of hydrogen-bond acceptors (Lipinski definition) is 3. The Morgan fingerprint density at radius 1 is 0.929 bits per heavy atom. The van der Waals surface area contributed by atoms with Crippen LogP contribution in [-0.2, 0) is 4.79 Å². The molecule has 2 aromatic carbocycles. The van der Waals surface area contributed by atoms with Crippen LogP contribution < -0.4 is 4.90 Å². The van der Waals surface area contributed by atoms with E-state index >= 15 is 0 Å². The number of piperidine rings is 1. The Balaban J connectivity index is 1.32. The largest absolute Gasteiger partial charge is 0.371 e. The van der Waals surface area contributed by atoms with Gasteiger partial charge in [0.25, 0.3) is 0 Å². The highest BCUT2D eigenvalue weighted by Gasteiger charge is 2.29. The second-order valence-electron chi connectivity index (χ2n) is 7.60. The molecule has 0 aromatic heterocycles. The van der Waals surface area contributed by atoms with Crippen LogP contribution in [0.25, 0.3) is 5.57 Å². The summed E-state index contributed by atoms with van der Waals surface area (Å²) in [5, 5.41) is 0. The van der Waals surface area contributed by atoms with Crippen molar-refractivity contribution in [2.45, 2.75) is 19.3 Å². The van der Waals surface area contributed by atoms with Crippen molar-refractivity contribution in [3.05, 3.63) is 71.8 Å². The van der Waals surface area contributed by atoms with E-state index in [2.05, 4.69) is 35.2 Å². The summed E-state index contributed by atoms with van der Waals surface area (Å²) in [6.45, 7) is 3.30. The minimum Gasteiger partial charge on any atom is -0.371 e. The first kappa shape index (κ1) is 18.5. The van der Waals surface area contributed by atoms with Crippen LogP contribution in [0.5, 0.6) is 0 Å². The molecule has 0 aliphatic carbocycles. The van der Waals surface area contributed by atoms with Gasteiger partial charge in [-0.05, 0) is 54.7 Å². The van der Waals surface area contributed by atoms with Gasteiger partial charge in [-0.2, -0.15) is 0 Å². The Morgan fingerprint density at radius 3 is 2.25 bits per heavy atom. The first-order chi connectivity index (χ1) is 13.7. The monoisotopic (exact) mass is 374 g/mol. The zero-order valence-corrected chi connectivity index (χ0v) is 16.1. The van der Waals surface area contributed by atoms with E-state index in [0.717, 1.165) is 57.4 Å². The van der Waals surface area contributed by atoms with Crippen molar-refractivity contribution in [2.75, 3.05) is 31.1 Å². The number of benzene rings is 2. The molecule has 0 N–H and O–H groups in total. The van der Waals surface area contributed by atoms with E-state index in [-0.39, 0.29) is 5.92 Å². The number of nitrogens with zero attached hydrogens (tertiary/aromatic N) is 2. The number of anilines is 1. The maximum Gasteiger partial charge on any atom is 0.226 e. The van der Waals surface area contributed by atoms with Gasteiger partial charge in [0.2, 0.25) is 5.91 Å². The number of aldehydes is 1. The first-order valence-electron chi connectivity index (χ1n) is 10.1. The number of hydrogen-bond donors (Lipinski definition) is 0. The van der Waals surface area contributed by atoms with Gasteiger partial charge in [-0.1, -0.05) is 36.4 Å². The number of amides is 1. The average molecular weight is 374 g/mol. The van der Waals surface area contributed by atoms with Crippen LogP contribution in [-0.4, -0.2) is 43.3 Å². The van der Waals surface area contributed by atoms with Crippen molar-refractivity contribution in [2.24, 2.45) is 5.92 Å². The Bertz CT molecular complexity index is 850. The third-order valence-electron chi connectivity index (χ3n) is 5.90. The smallest absolute Gasteiger partial charge is 0.226 e. The predicted octanol–water partition coefficient (Wildman–Crippen LogP) is 4.03. The zero-order valence-electron chi connectivity index (χ0n) is 16.1. The molecule has 28 heavy (non-hydrogen) atoms. The van der Waals surface area contributed by atoms with Crippen LogP contribution in [0.15, 0.2) is 60.7 Å². The van der Waals surface area contributed by atoms with Gasteiger partial charge in [0.05, 0.1) is 0 Å². The molecule has 0 spiro atoms. The van der Waals surface area contributed by atoms with Gasteiger partial charge >= 0.3 is 0 Å². The second kappa shape index (κ2) is 8.42. The van der Waals surface area contributed by atoms with E-state index in [0.29, 0.717) is 11.5 Å². The van der Waals surface area contributed by atoms with Crippen molar-refractivity contribution in [1.29, 1.82) is 0 Å². The lowest BCUT2D eigenvalue weighted by Crippen LogP contribution is -2.44. The SMILES string of the molecule is O=Cc1ccc(N2CCC(C(=O)N3CC=C(c4ccccc4)CC3)CC2)cc1. The topological polar surface area (TPSA) is 40.6 Å². The molecule has 2 aliphatic rings. The molecule has 1 amide bonds. The highest BCUT2D eigenvalue weighted by molar-refractivity contribution is 5.81. The molecule has 2 aromatic rings. The highest BCUT2D eigenvalue weighted by Crippen LogP contribution is 2.27. The third-order valence-corrected chi connectivity index (χ3v) is 5.90. The Labute approximate surface area is 166 Å². The van der Waals surface area contributed by atoms with Crippen LogP contribution >= 0.6 is 0 Å². The van der Waals surface area contributed by atoms with E-state index in [4.69, 9.17) is 0 Å². The fourth-order valence-electron chi connectivity index (χ4n) is 4.19. The Kier molecular flexibility index (Phi) is 5.56. The molecule has 0 atom stereocenters. The molecular formula is C24H26N2O2. The summed E-state index contributed by atoms with van der Waals surface area (Å²) in [6.07, 6.45) is 5.78. The molecule has 1 fully saturated rings. The van der Waals surface area contributed by atoms with Crippen LogP contribution in [0.4, 0.5) is 5.69 Å². The molecule has 0 radical (unpaired) electrons. The quantitative estimate of drug-likeness (QED) is 0.759. The van der Waals surface area contributed by atoms with Gasteiger partial charge in [0.15, 0.2) is 0 Å². The summed E-state index contributed by atoms with van der Waals surface area (Å²) in [7, 11) is 0. The van der Waals surface area contributed by atoms with Gasteiger partial charge in [-0.25, -0.2) is 0 Å². The molecule has 4 heteroatoms. The summed E-state index contributed by atoms with van der Waals surface area (Å²) in [6, 6.07) is 18.1. The standard InChI is InChI=1S/C24H26N2O2/c27-18-19-6-8-23(9-7-19)25-14-12-22(13-15-25)24(28)26-16-10-21(11-17-26)20-4-2-1-3-5-20/h1-10,18,22H,11-17H2. The zero-order chi connectivity index (χ0) is 19.3. The van der Waals surface area contributed by atoms with E-state index < -0.39 is 0 Å². The normalized spacial score (nSPS) is 17.9. The van der Waals surface area contributed by atoms with E-state index in [9.17, 15) is 9.59 Å². The maximum absolute atomic E-state index is 13.0. The van der Waals surface area contributed by atoms with Crippen LogP contribution in [0.3, 0.4) is 0 Å². The highest BCUT2D eigenvalue weighted by atomic mass is 16.2. The molecule has 4 rings (SSSR count). The second-order valence-corrected chi connectivity index (χ2v) is 7.60. The Morgan fingerprint density at radius 2 is 1.64 bits per heavy atom. The lowest BCUT2D eigenvalue weighted by Gasteiger charge is -2.36. The number of carbonyl (C=O) groups is 2. The molecule has 1 saturated heterocycles. The molecular weight excluding hydrogens is 348 g/mol. The fourth-order valence-corrected chi connectivity index (χ4v) is 4.19. The van der Waals surface area contributed by atoms with E-state index in [1.165, 1.54) is 11.1 Å².